The molecule has 27 heavy (non-hydrogen) atoms. The number of carbonyl (C=O) groups is 2. The predicted molar refractivity (Wildman–Crippen MR) is 99.2 cm³/mol. The van der Waals surface area contributed by atoms with Gasteiger partial charge in [0.25, 0.3) is 6.29 Å². The Morgan fingerprint density at radius 3 is 2.59 bits per heavy atom. The lowest BCUT2D eigenvalue weighted by Gasteiger charge is -2.10. The van der Waals surface area contributed by atoms with Crippen LogP contribution in [0.15, 0.2) is 60.7 Å². The number of methoxy groups -OCH3 is 1. The van der Waals surface area contributed by atoms with E-state index in [0.717, 1.165) is 22.2 Å². The summed E-state index contributed by atoms with van der Waals surface area (Å²) in [6.45, 7) is 0.348. The highest BCUT2D eigenvalue weighted by molar-refractivity contribution is 5.78. The van der Waals surface area contributed by atoms with Gasteiger partial charge in [0, 0.05) is 12.5 Å². The van der Waals surface area contributed by atoms with Crippen molar-refractivity contribution in [2.75, 3.05) is 7.11 Å². The summed E-state index contributed by atoms with van der Waals surface area (Å²) in [4.78, 5) is 26.9. The van der Waals surface area contributed by atoms with Crippen molar-refractivity contribution >= 4 is 23.2 Å². The van der Waals surface area contributed by atoms with E-state index in [0.29, 0.717) is 18.6 Å². The van der Waals surface area contributed by atoms with E-state index in [2.05, 4.69) is 4.98 Å². The molecule has 0 bridgehead atoms. The fourth-order valence-corrected chi connectivity index (χ4v) is 2.52. The summed E-state index contributed by atoms with van der Waals surface area (Å²) >= 11 is 0. The molecular formula is C21H19NO5. The normalized spacial score (nSPS) is 11.7. The molecule has 6 heteroatoms. The second kappa shape index (κ2) is 8.91. The molecule has 1 aromatic heterocycles. The number of hydrogen-bond acceptors (Lipinski definition) is 6. The summed E-state index contributed by atoms with van der Waals surface area (Å²) in [7, 11) is 1.29. The third-order valence-electron chi connectivity index (χ3n) is 3.91. The number of fused-ring (bicyclic) bond motifs is 1. The van der Waals surface area contributed by atoms with Crippen molar-refractivity contribution in [3.63, 3.8) is 0 Å². The maximum absolute atomic E-state index is 11.7. The SMILES string of the molecule is COC(C=O)OC(=O)Cc1ccc(OCc2ccc3ccccc3n2)cc1. The average molecular weight is 365 g/mol. The van der Waals surface area contributed by atoms with Crippen molar-refractivity contribution in [2.24, 2.45) is 0 Å². The number of hydrogen-bond donors (Lipinski definition) is 0. The zero-order valence-corrected chi connectivity index (χ0v) is 14.8. The number of esters is 1. The number of carbonyl (C=O) groups excluding carboxylic acids is 2. The quantitative estimate of drug-likeness (QED) is 0.347. The molecule has 0 amide bonds. The molecule has 1 unspecified atom stereocenters. The molecule has 0 saturated heterocycles. The summed E-state index contributed by atoms with van der Waals surface area (Å²) in [5.74, 6) is 0.132. The maximum atomic E-state index is 11.7. The van der Waals surface area contributed by atoms with Crippen LogP contribution in [0.2, 0.25) is 0 Å². The molecule has 0 spiro atoms. The molecule has 1 atom stereocenters. The van der Waals surface area contributed by atoms with E-state index in [-0.39, 0.29) is 6.42 Å². The van der Waals surface area contributed by atoms with Crippen LogP contribution >= 0.6 is 0 Å². The standard InChI is InChI=1S/C21H19NO5/c1-25-21(13-23)27-20(24)12-15-6-10-18(11-7-15)26-14-17-9-8-16-4-2-3-5-19(16)22-17/h2-11,13,21H,12,14H2,1H3. The monoisotopic (exact) mass is 365 g/mol. The van der Waals surface area contributed by atoms with E-state index in [9.17, 15) is 9.59 Å². The Balaban J connectivity index is 1.55. The minimum absolute atomic E-state index is 0.0419. The fourth-order valence-electron chi connectivity index (χ4n) is 2.52. The molecule has 0 saturated carbocycles. The van der Waals surface area contributed by atoms with Crippen molar-refractivity contribution in [3.05, 3.63) is 71.9 Å². The van der Waals surface area contributed by atoms with Crippen LogP contribution in [0.3, 0.4) is 0 Å². The summed E-state index contributed by atoms with van der Waals surface area (Å²) in [6.07, 6.45) is -0.704. The molecule has 138 valence electrons. The number of ether oxygens (including phenoxy) is 3. The van der Waals surface area contributed by atoms with E-state index < -0.39 is 12.3 Å². The van der Waals surface area contributed by atoms with E-state index in [1.807, 2.05) is 36.4 Å². The van der Waals surface area contributed by atoms with Crippen LogP contribution in [0.1, 0.15) is 11.3 Å². The van der Waals surface area contributed by atoms with Crippen LogP contribution in [0, 0.1) is 0 Å². The lowest BCUT2D eigenvalue weighted by atomic mass is 10.1. The number of nitrogens with zero attached hydrogens (tertiary/aromatic N) is 1. The minimum atomic E-state index is -1.17. The van der Waals surface area contributed by atoms with Gasteiger partial charge in [-0.05, 0) is 29.8 Å². The Labute approximate surface area is 156 Å². The molecule has 6 nitrogen and oxygen atoms in total. The largest absolute Gasteiger partial charge is 0.487 e. The third-order valence-corrected chi connectivity index (χ3v) is 3.91. The highest BCUT2D eigenvalue weighted by Crippen LogP contribution is 2.16. The Hall–Kier alpha value is -3.25. The van der Waals surface area contributed by atoms with Gasteiger partial charge in [-0.25, -0.2) is 4.98 Å². The van der Waals surface area contributed by atoms with Gasteiger partial charge in [-0.1, -0.05) is 36.4 Å². The molecule has 0 aliphatic heterocycles. The van der Waals surface area contributed by atoms with Gasteiger partial charge in [-0.3, -0.25) is 9.59 Å². The second-order valence-electron chi connectivity index (χ2n) is 5.83. The first kappa shape index (κ1) is 18.5. The Kier molecular flexibility index (Phi) is 6.12. The van der Waals surface area contributed by atoms with Gasteiger partial charge in [0.05, 0.1) is 17.6 Å². The van der Waals surface area contributed by atoms with Gasteiger partial charge in [-0.2, -0.15) is 0 Å². The van der Waals surface area contributed by atoms with Gasteiger partial charge in [-0.15, -0.1) is 0 Å². The summed E-state index contributed by atoms with van der Waals surface area (Å²) in [6, 6.07) is 19.0. The molecule has 0 aliphatic rings. The molecule has 3 rings (SSSR count). The molecule has 2 aromatic carbocycles. The minimum Gasteiger partial charge on any atom is -0.487 e. The molecule has 0 N–H and O–H groups in total. The van der Waals surface area contributed by atoms with E-state index >= 15 is 0 Å². The molecule has 0 radical (unpaired) electrons. The number of rotatable bonds is 8. The van der Waals surface area contributed by atoms with E-state index in [1.165, 1.54) is 7.11 Å². The van der Waals surface area contributed by atoms with Gasteiger partial charge < -0.3 is 14.2 Å². The first-order valence-electron chi connectivity index (χ1n) is 8.42. The van der Waals surface area contributed by atoms with E-state index in [4.69, 9.17) is 14.2 Å². The van der Waals surface area contributed by atoms with Crippen LogP contribution in [0.4, 0.5) is 0 Å². The zero-order valence-electron chi connectivity index (χ0n) is 14.8. The highest BCUT2D eigenvalue weighted by atomic mass is 16.7. The van der Waals surface area contributed by atoms with Gasteiger partial charge in [0.1, 0.15) is 12.4 Å². The third kappa shape index (κ3) is 5.12. The van der Waals surface area contributed by atoms with Crippen LogP contribution in [-0.4, -0.2) is 30.6 Å². The smallest absolute Gasteiger partial charge is 0.312 e. The number of aldehydes is 1. The molecule has 3 aromatic rings. The van der Waals surface area contributed by atoms with Crippen LogP contribution in [0.25, 0.3) is 10.9 Å². The van der Waals surface area contributed by atoms with Gasteiger partial charge in [0.15, 0.2) is 6.29 Å². The number of aromatic nitrogens is 1. The van der Waals surface area contributed by atoms with Crippen LogP contribution in [-0.2, 0) is 32.1 Å². The van der Waals surface area contributed by atoms with Crippen molar-refractivity contribution in [3.8, 4) is 5.75 Å². The number of para-hydroxylation sites is 1. The first-order valence-corrected chi connectivity index (χ1v) is 8.42. The second-order valence-corrected chi connectivity index (χ2v) is 5.83. The van der Waals surface area contributed by atoms with E-state index in [1.54, 1.807) is 24.3 Å². The Morgan fingerprint density at radius 1 is 1.07 bits per heavy atom. The lowest BCUT2D eigenvalue weighted by Crippen LogP contribution is -2.22. The molecule has 0 aliphatic carbocycles. The van der Waals surface area contributed by atoms with Crippen molar-refractivity contribution in [1.29, 1.82) is 0 Å². The topological polar surface area (TPSA) is 74.7 Å². The summed E-state index contributed by atoms with van der Waals surface area (Å²) in [5.41, 5.74) is 2.51. The van der Waals surface area contributed by atoms with Crippen molar-refractivity contribution in [2.45, 2.75) is 19.3 Å². The maximum Gasteiger partial charge on any atom is 0.312 e. The fraction of sp³-hybridized carbons (Fsp3) is 0.190. The predicted octanol–water partition coefficient (Wildman–Crippen LogP) is 3.07. The molecular weight excluding hydrogens is 346 g/mol. The lowest BCUT2D eigenvalue weighted by molar-refractivity contribution is -0.173. The summed E-state index contributed by atoms with van der Waals surface area (Å²) in [5, 5.41) is 1.09. The van der Waals surface area contributed by atoms with Crippen molar-refractivity contribution < 1.29 is 23.8 Å². The van der Waals surface area contributed by atoms with Crippen molar-refractivity contribution in [1.82, 2.24) is 4.98 Å². The van der Waals surface area contributed by atoms with Gasteiger partial charge >= 0.3 is 5.97 Å². The van der Waals surface area contributed by atoms with Crippen LogP contribution < -0.4 is 4.74 Å². The summed E-state index contributed by atoms with van der Waals surface area (Å²) < 4.78 is 15.3. The highest BCUT2D eigenvalue weighted by Gasteiger charge is 2.12. The average Bonchev–Trinajstić information content (AvgIpc) is 2.71. The number of benzene rings is 2. The number of pyridine rings is 1. The Morgan fingerprint density at radius 2 is 1.85 bits per heavy atom. The van der Waals surface area contributed by atoms with Gasteiger partial charge in [0.2, 0.25) is 0 Å². The zero-order chi connectivity index (χ0) is 19.1. The molecule has 0 fully saturated rings. The van der Waals surface area contributed by atoms with Crippen LogP contribution in [0.5, 0.6) is 5.75 Å². The first-order chi connectivity index (χ1) is 13.2. The molecule has 1 heterocycles. The Bertz CT molecular complexity index is 923.